The summed E-state index contributed by atoms with van der Waals surface area (Å²) in [5.41, 5.74) is 0.995. The van der Waals surface area contributed by atoms with Gasteiger partial charge >= 0.3 is 11.9 Å². The van der Waals surface area contributed by atoms with Crippen LogP contribution in [0.5, 0.6) is 11.5 Å². The fraction of sp³-hybridized carbons (Fsp3) is 0.310. The maximum absolute atomic E-state index is 12.8. The van der Waals surface area contributed by atoms with Crippen molar-refractivity contribution in [2.24, 2.45) is 0 Å². The average molecular weight is 540 g/mol. The van der Waals surface area contributed by atoms with Crippen molar-refractivity contribution < 1.29 is 31.7 Å². The Morgan fingerprint density at radius 1 is 0.816 bits per heavy atom. The molecule has 3 aromatic carbocycles. The first kappa shape index (κ1) is 29.0. The van der Waals surface area contributed by atoms with Gasteiger partial charge in [-0.05, 0) is 82.1 Å². The predicted octanol–water partition coefficient (Wildman–Crippen LogP) is 5.31. The monoisotopic (exact) mass is 539 g/mol. The minimum Gasteiger partial charge on any atom is -0.419 e. The van der Waals surface area contributed by atoms with Crippen molar-refractivity contribution in [3.63, 3.8) is 0 Å². The van der Waals surface area contributed by atoms with E-state index in [1.165, 1.54) is 12.1 Å². The third-order valence-electron chi connectivity index (χ3n) is 5.35. The van der Waals surface area contributed by atoms with Crippen LogP contribution in [0.15, 0.2) is 78.9 Å². The van der Waals surface area contributed by atoms with Crippen molar-refractivity contribution >= 4 is 22.1 Å². The van der Waals surface area contributed by atoms with Crippen molar-refractivity contribution in [3.05, 3.63) is 95.6 Å². The molecule has 202 valence electrons. The predicted molar refractivity (Wildman–Crippen MR) is 145 cm³/mol. The quantitative estimate of drug-likeness (QED) is 0.151. The number of hydrogen-bond donors (Lipinski definition) is 1. The Morgan fingerprint density at radius 2 is 1.34 bits per heavy atom. The number of carbonyl (C=O) groups is 2. The molecule has 0 saturated carbocycles. The van der Waals surface area contributed by atoms with E-state index in [0.29, 0.717) is 36.1 Å². The SMILES string of the molecule is CC(C)(C)NCCCC(OS(C)(=O)=O)c1ccc(OC(=O)c2ccccc2)c(OC(=O)c2ccccc2)c1. The summed E-state index contributed by atoms with van der Waals surface area (Å²) >= 11 is 0. The maximum atomic E-state index is 12.8. The number of carbonyl (C=O) groups excluding carboxylic acids is 2. The van der Waals surface area contributed by atoms with E-state index in [-0.39, 0.29) is 17.0 Å². The molecule has 0 aromatic heterocycles. The zero-order valence-electron chi connectivity index (χ0n) is 22.0. The largest absolute Gasteiger partial charge is 0.419 e. The van der Waals surface area contributed by atoms with Gasteiger partial charge in [0.2, 0.25) is 0 Å². The summed E-state index contributed by atoms with van der Waals surface area (Å²) in [6, 6.07) is 21.3. The van der Waals surface area contributed by atoms with Gasteiger partial charge in [0.05, 0.1) is 17.4 Å². The molecule has 0 aliphatic heterocycles. The molecule has 1 unspecified atom stereocenters. The van der Waals surface area contributed by atoms with Gasteiger partial charge in [0, 0.05) is 5.54 Å². The topological polar surface area (TPSA) is 108 Å². The molecule has 0 saturated heterocycles. The lowest BCUT2D eigenvalue weighted by atomic mass is 10.0. The van der Waals surface area contributed by atoms with Crippen LogP contribution in [-0.4, -0.2) is 38.7 Å². The smallest absolute Gasteiger partial charge is 0.343 e. The molecule has 8 nitrogen and oxygen atoms in total. The first-order valence-electron chi connectivity index (χ1n) is 12.2. The summed E-state index contributed by atoms with van der Waals surface area (Å²) in [5.74, 6) is -1.31. The van der Waals surface area contributed by atoms with Gasteiger partial charge in [0.15, 0.2) is 11.5 Å². The molecule has 3 rings (SSSR count). The number of rotatable bonds is 11. The van der Waals surface area contributed by atoms with E-state index >= 15 is 0 Å². The molecule has 0 heterocycles. The van der Waals surface area contributed by atoms with Crippen molar-refractivity contribution in [1.82, 2.24) is 5.32 Å². The number of nitrogens with one attached hydrogen (secondary N) is 1. The average Bonchev–Trinajstić information content (AvgIpc) is 2.86. The van der Waals surface area contributed by atoms with Gasteiger partial charge in [-0.15, -0.1) is 0 Å². The molecule has 0 fully saturated rings. The van der Waals surface area contributed by atoms with Gasteiger partial charge in [0.25, 0.3) is 10.1 Å². The number of hydrogen-bond acceptors (Lipinski definition) is 8. The van der Waals surface area contributed by atoms with Gasteiger partial charge in [-0.2, -0.15) is 8.42 Å². The summed E-state index contributed by atoms with van der Waals surface area (Å²) in [4.78, 5) is 25.5. The van der Waals surface area contributed by atoms with E-state index in [1.54, 1.807) is 66.7 Å². The third-order valence-corrected chi connectivity index (χ3v) is 5.94. The molecule has 9 heteroatoms. The summed E-state index contributed by atoms with van der Waals surface area (Å²) in [6.45, 7) is 6.77. The van der Waals surface area contributed by atoms with Gasteiger partial charge in [-0.25, -0.2) is 9.59 Å². The van der Waals surface area contributed by atoms with E-state index in [4.69, 9.17) is 13.7 Å². The summed E-state index contributed by atoms with van der Waals surface area (Å²) in [6.07, 6.45) is 1.16. The van der Waals surface area contributed by atoms with E-state index in [2.05, 4.69) is 5.32 Å². The molecule has 38 heavy (non-hydrogen) atoms. The summed E-state index contributed by atoms with van der Waals surface area (Å²) in [5, 5.41) is 3.36. The zero-order chi connectivity index (χ0) is 27.8. The van der Waals surface area contributed by atoms with Gasteiger partial charge in [-0.3, -0.25) is 4.18 Å². The Kier molecular flexibility index (Phi) is 9.79. The molecule has 1 atom stereocenters. The van der Waals surface area contributed by atoms with Gasteiger partial charge < -0.3 is 14.8 Å². The van der Waals surface area contributed by atoms with Crippen molar-refractivity contribution in [2.45, 2.75) is 45.3 Å². The number of ether oxygens (including phenoxy) is 2. The lowest BCUT2D eigenvalue weighted by Crippen LogP contribution is -2.36. The minimum absolute atomic E-state index is 0.0133. The molecular weight excluding hydrogens is 506 g/mol. The Labute approximate surface area is 224 Å². The maximum Gasteiger partial charge on any atom is 0.343 e. The van der Waals surface area contributed by atoms with Crippen molar-refractivity contribution in [2.75, 3.05) is 12.8 Å². The minimum atomic E-state index is -3.79. The molecule has 1 N–H and O–H groups in total. The normalized spacial score (nSPS) is 12.5. The summed E-state index contributed by atoms with van der Waals surface area (Å²) in [7, 11) is -3.79. The molecule has 0 aliphatic rings. The highest BCUT2D eigenvalue weighted by Crippen LogP contribution is 2.35. The van der Waals surface area contributed by atoms with E-state index in [9.17, 15) is 18.0 Å². The van der Waals surface area contributed by atoms with Crippen LogP contribution in [0.1, 0.15) is 66.0 Å². The molecule has 0 bridgehead atoms. The van der Waals surface area contributed by atoms with Crippen LogP contribution < -0.4 is 14.8 Å². The molecule has 3 aromatic rings. The van der Waals surface area contributed by atoms with Crippen molar-refractivity contribution in [3.8, 4) is 11.5 Å². The summed E-state index contributed by atoms with van der Waals surface area (Å²) < 4.78 is 40.6. The third kappa shape index (κ3) is 9.41. The number of esters is 2. The first-order chi connectivity index (χ1) is 17.9. The van der Waals surface area contributed by atoms with E-state index in [1.807, 2.05) is 20.8 Å². The molecular formula is C29H33NO7S. The van der Waals surface area contributed by atoms with Crippen LogP contribution in [0.4, 0.5) is 0 Å². The Hall–Kier alpha value is -3.53. The van der Waals surface area contributed by atoms with Crippen LogP contribution in [0.2, 0.25) is 0 Å². The Balaban J connectivity index is 1.92. The number of benzene rings is 3. The fourth-order valence-electron chi connectivity index (χ4n) is 3.59. The second kappa shape index (κ2) is 12.8. The highest BCUT2D eigenvalue weighted by Gasteiger charge is 2.23. The molecule has 0 amide bonds. The fourth-order valence-corrected chi connectivity index (χ4v) is 4.22. The molecule has 0 spiro atoms. The van der Waals surface area contributed by atoms with Crippen LogP contribution in [0, 0.1) is 0 Å². The molecule has 0 radical (unpaired) electrons. The van der Waals surface area contributed by atoms with E-state index < -0.39 is 28.2 Å². The second-order valence-corrected chi connectivity index (χ2v) is 11.4. The van der Waals surface area contributed by atoms with Crippen LogP contribution in [0.25, 0.3) is 0 Å². The lowest BCUT2D eigenvalue weighted by Gasteiger charge is -2.22. The van der Waals surface area contributed by atoms with Gasteiger partial charge in [-0.1, -0.05) is 42.5 Å². The van der Waals surface area contributed by atoms with Crippen LogP contribution >= 0.6 is 0 Å². The lowest BCUT2D eigenvalue weighted by molar-refractivity contribution is 0.0681. The van der Waals surface area contributed by atoms with E-state index in [0.717, 1.165) is 6.26 Å². The van der Waals surface area contributed by atoms with Gasteiger partial charge in [0.1, 0.15) is 6.10 Å². The zero-order valence-corrected chi connectivity index (χ0v) is 22.8. The van der Waals surface area contributed by atoms with Crippen LogP contribution in [-0.2, 0) is 14.3 Å². The standard InChI is InChI=1S/C29H33NO7S/c1-29(2,3)30-19-11-16-24(37-38(4,33)34)23-17-18-25(35-27(31)21-12-7-5-8-13-21)26(20-23)36-28(32)22-14-9-6-10-15-22/h5-10,12-15,17-18,20,24,30H,11,16,19H2,1-4H3. The first-order valence-corrected chi connectivity index (χ1v) is 14.0. The van der Waals surface area contributed by atoms with Crippen molar-refractivity contribution in [1.29, 1.82) is 0 Å². The van der Waals surface area contributed by atoms with Crippen LogP contribution in [0.3, 0.4) is 0 Å². The highest BCUT2D eigenvalue weighted by atomic mass is 32.2. The molecule has 0 aliphatic carbocycles. The Morgan fingerprint density at radius 3 is 1.84 bits per heavy atom. The second-order valence-electron chi connectivity index (χ2n) is 9.83. The Bertz CT molecular complexity index is 1330. The highest BCUT2D eigenvalue weighted by molar-refractivity contribution is 7.86.